The Hall–Kier alpha value is -0.691. The van der Waals surface area contributed by atoms with Crippen LogP contribution in [0, 0.1) is 0 Å². The first kappa shape index (κ1) is 21.6. The van der Waals surface area contributed by atoms with Gasteiger partial charge >= 0.3 is 167 Å². The molecule has 0 radical (unpaired) electrons. The number of hydrogen-bond donors (Lipinski definition) is 0. The third kappa shape index (κ3) is 5.18. The van der Waals surface area contributed by atoms with Gasteiger partial charge < -0.3 is 0 Å². The van der Waals surface area contributed by atoms with E-state index in [0.29, 0.717) is 0 Å². The van der Waals surface area contributed by atoms with Crippen LogP contribution in [0.1, 0.15) is 34.6 Å². The van der Waals surface area contributed by atoms with Crippen LogP contribution in [0.4, 0.5) is 10.6 Å². The van der Waals surface area contributed by atoms with Crippen LogP contribution in [-0.2, 0) is 4.74 Å². The Morgan fingerprint density at radius 1 is 1.19 bits per heavy atom. The first-order valence-electron chi connectivity index (χ1n) is 9.23. The molecule has 0 unspecified atom stereocenters. The summed E-state index contributed by atoms with van der Waals surface area (Å²) in [5.41, 5.74) is -0.486. The van der Waals surface area contributed by atoms with E-state index in [0.717, 1.165) is 27.6 Å². The molecule has 1 aliphatic heterocycles. The Labute approximate surface area is 166 Å². The standard InChI is InChI=1S/C16H23ClN3O2.3CH3.Sn/c1-11-9-19(14-7-6-13(17)8-18-14)10-12(2)20(11)15(21)22-16(3,4)5;;;;/h6-7,11-12H,9-10H2,1-5H3;3*1H3;/t11-,12+;;;;. The molecule has 0 saturated carbocycles. The molecule has 1 aliphatic rings. The van der Waals surface area contributed by atoms with Crippen molar-refractivity contribution in [2.45, 2.75) is 67.1 Å². The number of carbonyl (C=O) groups excluding carboxylic acids is 1. The maximum atomic E-state index is 12.6. The van der Waals surface area contributed by atoms with Gasteiger partial charge in [0.15, 0.2) is 0 Å². The van der Waals surface area contributed by atoms with Gasteiger partial charge in [-0.05, 0) is 0 Å². The number of halogens is 1. The van der Waals surface area contributed by atoms with E-state index in [1.54, 1.807) is 0 Å². The second-order valence-electron chi connectivity index (χ2n) is 9.24. The number of hydrogen-bond acceptors (Lipinski definition) is 4. The number of piperazine rings is 1. The van der Waals surface area contributed by atoms with Crippen LogP contribution in [0.25, 0.3) is 0 Å². The van der Waals surface area contributed by atoms with Crippen molar-refractivity contribution in [1.82, 2.24) is 9.88 Å². The van der Waals surface area contributed by atoms with Crippen LogP contribution < -0.4 is 8.61 Å². The van der Waals surface area contributed by atoms with Gasteiger partial charge in [0.05, 0.1) is 0 Å². The van der Waals surface area contributed by atoms with Gasteiger partial charge in [0, 0.05) is 0 Å². The third-order valence-corrected chi connectivity index (χ3v) is 10.3. The molecule has 1 fully saturated rings. The Bertz CT molecular complexity index is 658. The van der Waals surface area contributed by atoms with E-state index in [-0.39, 0.29) is 18.2 Å². The van der Waals surface area contributed by atoms with E-state index < -0.39 is 24.0 Å². The summed E-state index contributed by atoms with van der Waals surface area (Å²) in [4.78, 5) is 28.5. The first-order chi connectivity index (χ1) is 11.8. The summed E-state index contributed by atoms with van der Waals surface area (Å²) < 4.78 is 6.69. The van der Waals surface area contributed by atoms with Crippen molar-refractivity contribution < 1.29 is 9.53 Å². The van der Waals surface area contributed by atoms with Crippen LogP contribution in [0.3, 0.4) is 0 Å². The molecule has 0 bridgehead atoms. The van der Waals surface area contributed by atoms with E-state index in [2.05, 4.69) is 33.6 Å². The van der Waals surface area contributed by atoms with Crippen molar-refractivity contribution in [3.8, 4) is 0 Å². The summed E-state index contributed by atoms with van der Waals surface area (Å²) in [7, 11) is 0. The number of anilines is 1. The Morgan fingerprint density at radius 3 is 2.19 bits per heavy atom. The monoisotopic (exact) mass is 489 g/mol. The summed E-state index contributed by atoms with van der Waals surface area (Å²) in [6.45, 7) is 11.3. The van der Waals surface area contributed by atoms with Gasteiger partial charge in [-0.15, -0.1) is 0 Å². The molecule has 0 N–H and O–H groups in total. The van der Waals surface area contributed by atoms with Crippen LogP contribution in [0.15, 0.2) is 12.1 Å². The zero-order valence-corrected chi connectivity index (χ0v) is 20.9. The molecule has 5 nitrogen and oxygen atoms in total. The molecule has 1 saturated heterocycles. The molecule has 2 rings (SSSR count). The summed E-state index contributed by atoms with van der Waals surface area (Å²) in [5, 5.41) is 0.783. The van der Waals surface area contributed by atoms with Crippen molar-refractivity contribution in [2.24, 2.45) is 0 Å². The number of carbonyl (C=O) groups is 1. The molecule has 0 aromatic carbocycles. The van der Waals surface area contributed by atoms with E-state index >= 15 is 0 Å². The maximum absolute atomic E-state index is 12.6. The number of pyridine rings is 1. The van der Waals surface area contributed by atoms with Crippen LogP contribution >= 0.6 is 11.6 Å². The summed E-state index contributed by atoms with van der Waals surface area (Å²) >= 11 is 4.02. The molecule has 146 valence electrons. The third-order valence-electron chi connectivity index (χ3n) is 4.39. The van der Waals surface area contributed by atoms with Gasteiger partial charge in [0.2, 0.25) is 0 Å². The van der Waals surface area contributed by atoms with Crippen LogP contribution in [0.2, 0.25) is 19.8 Å². The molecule has 0 spiro atoms. The summed E-state index contributed by atoms with van der Waals surface area (Å²) in [5.74, 6) is 0.957. The fraction of sp³-hybridized carbons (Fsp3) is 0.684. The van der Waals surface area contributed by atoms with Crippen molar-refractivity contribution in [3.05, 3.63) is 17.2 Å². The molecule has 7 heteroatoms. The normalized spacial score (nSPS) is 21.7. The molecule has 26 heavy (non-hydrogen) atoms. The van der Waals surface area contributed by atoms with Crippen molar-refractivity contribution in [2.75, 3.05) is 18.0 Å². The minimum absolute atomic E-state index is 0.0488. The van der Waals surface area contributed by atoms with Crippen LogP contribution in [0.5, 0.6) is 0 Å². The topological polar surface area (TPSA) is 45.7 Å². The Kier molecular flexibility index (Phi) is 6.43. The molecule has 0 aliphatic carbocycles. The average Bonchev–Trinajstić information content (AvgIpc) is 2.43. The molecule has 1 aromatic heterocycles. The zero-order chi connectivity index (χ0) is 19.9. The molecule has 2 heterocycles. The summed E-state index contributed by atoms with van der Waals surface area (Å²) in [6.07, 6.45) is -0.243. The number of amides is 1. The average molecular weight is 489 g/mol. The molecular formula is C19H32ClN3O2Sn. The number of aromatic nitrogens is 1. The number of nitrogens with zero attached hydrogens (tertiary/aromatic N) is 3. The molecule has 1 aromatic rings. The van der Waals surface area contributed by atoms with E-state index in [4.69, 9.17) is 21.3 Å². The van der Waals surface area contributed by atoms with Crippen LogP contribution in [-0.4, -0.2) is 65.1 Å². The summed E-state index contributed by atoms with van der Waals surface area (Å²) in [6, 6.07) is 4.06. The zero-order valence-electron chi connectivity index (χ0n) is 17.3. The van der Waals surface area contributed by atoms with Crippen molar-refractivity contribution in [1.29, 1.82) is 0 Å². The van der Waals surface area contributed by atoms with E-state index in [9.17, 15) is 4.79 Å². The Balaban J connectivity index is 2.20. The minimum atomic E-state index is -2.39. The van der Waals surface area contributed by atoms with Gasteiger partial charge in [-0.1, -0.05) is 0 Å². The van der Waals surface area contributed by atoms with Gasteiger partial charge in [-0.2, -0.15) is 0 Å². The van der Waals surface area contributed by atoms with E-state index in [1.165, 1.54) is 0 Å². The van der Waals surface area contributed by atoms with Gasteiger partial charge in [0.25, 0.3) is 0 Å². The Morgan fingerprint density at radius 2 is 1.73 bits per heavy atom. The quantitative estimate of drug-likeness (QED) is 0.588. The SMILES string of the molecule is C[C@@H]1CN(c2ccc(Cl)[c]([Sn]([CH3])([CH3])[CH3])n2)C[C@H](C)N1C(=O)OC(C)(C)C. The fourth-order valence-corrected chi connectivity index (χ4v) is 8.89. The molecule has 2 atom stereocenters. The predicted molar refractivity (Wildman–Crippen MR) is 111 cm³/mol. The van der Waals surface area contributed by atoms with E-state index in [1.807, 2.05) is 37.8 Å². The molecular weight excluding hydrogens is 456 g/mol. The second-order valence-corrected chi connectivity index (χ2v) is 23.8. The van der Waals surface area contributed by atoms with Gasteiger partial charge in [-0.3, -0.25) is 0 Å². The predicted octanol–water partition coefficient (Wildman–Crippen LogP) is 4.11. The van der Waals surface area contributed by atoms with Gasteiger partial charge in [-0.25, -0.2) is 0 Å². The molecule has 1 amide bonds. The van der Waals surface area contributed by atoms with Crippen molar-refractivity contribution in [3.63, 3.8) is 0 Å². The van der Waals surface area contributed by atoms with Gasteiger partial charge in [0.1, 0.15) is 0 Å². The number of rotatable bonds is 2. The second kappa shape index (κ2) is 7.74. The first-order valence-corrected chi connectivity index (χ1v) is 19.6. The van der Waals surface area contributed by atoms with Crippen molar-refractivity contribution >= 4 is 45.6 Å². The number of ether oxygens (including phenoxy) is 1. The fourth-order valence-electron chi connectivity index (χ4n) is 3.32.